The van der Waals surface area contributed by atoms with Crippen LogP contribution in [0.25, 0.3) is 0 Å². The molecule has 2 rings (SSSR count). The molecule has 0 aromatic heterocycles. The zero-order valence-corrected chi connectivity index (χ0v) is 14.3. The number of hydrogen-bond donors (Lipinski definition) is 1. The van der Waals surface area contributed by atoms with Crippen molar-refractivity contribution in [2.24, 2.45) is 0 Å². The molecule has 124 valence electrons. The largest absolute Gasteiger partial charge is 0.494 e. The predicted octanol–water partition coefficient (Wildman–Crippen LogP) is 0.00300. The van der Waals surface area contributed by atoms with Gasteiger partial charge in [-0.25, -0.2) is 8.42 Å². The highest BCUT2D eigenvalue weighted by Gasteiger charge is 2.31. The average molecular weight is 329 g/mol. The summed E-state index contributed by atoms with van der Waals surface area (Å²) >= 11 is 0. The summed E-state index contributed by atoms with van der Waals surface area (Å²) in [6.45, 7) is 7.30. The second-order valence-corrected chi connectivity index (χ2v) is 7.24. The Hall–Kier alpha value is -1.31. The molecule has 6 nitrogen and oxygen atoms in total. The molecule has 0 saturated carbocycles. The molecular weight excluding hydrogens is 304 g/mol. The lowest BCUT2D eigenvalue weighted by Gasteiger charge is -2.29. The Morgan fingerprint density at radius 2 is 1.77 bits per heavy atom. The first-order chi connectivity index (χ1) is 10.5. The highest BCUT2D eigenvalue weighted by atomic mass is 32.2. The van der Waals surface area contributed by atoms with Crippen LogP contribution in [0.15, 0.2) is 23.1 Å². The molecule has 0 aliphatic carbocycles. The molecule has 0 radical (unpaired) electrons. The van der Waals surface area contributed by atoms with E-state index in [1.807, 2.05) is 13.8 Å². The molecule has 7 heteroatoms. The lowest BCUT2D eigenvalue weighted by atomic mass is 10.3. The van der Waals surface area contributed by atoms with E-state index < -0.39 is 10.0 Å². The number of hydrogen-bond acceptors (Lipinski definition) is 4. The van der Waals surface area contributed by atoms with Crippen molar-refractivity contribution in [3.05, 3.63) is 18.2 Å². The van der Waals surface area contributed by atoms with Gasteiger partial charge in [-0.3, -0.25) is 0 Å². The highest BCUT2D eigenvalue weighted by Crippen LogP contribution is 2.31. The summed E-state index contributed by atoms with van der Waals surface area (Å²) in [5, 5.41) is 0. The number of likely N-dealkylation sites (N-methyl/N-ethyl adjacent to an activating group) is 1. The standard InChI is InChI=1S/C15H24N2O4S/c1-4-20-13-6-7-14(21-5-2)15(12-13)22(18,19)17-10-8-16(3)9-11-17/h6-7,12H,4-5,8-11H2,1-3H3/p+1. The number of ether oxygens (including phenoxy) is 2. The van der Waals surface area contributed by atoms with E-state index in [0.29, 0.717) is 37.8 Å². The Labute approximate surface area is 132 Å². The monoisotopic (exact) mass is 329 g/mol. The minimum Gasteiger partial charge on any atom is -0.494 e. The van der Waals surface area contributed by atoms with E-state index in [9.17, 15) is 8.42 Å². The number of nitrogens with zero attached hydrogens (tertiary/aromatic N) is 1. The second kappa shape index (κ2) is 7.30. The summed E-state index contributed by atoms with van der Waals surface area (Å²) < 4.78 is 38.3. The van der Waals surface area contributed by atoms with E-state index >= 15 is 0 Å². The van der Waals surface area contributed by atoms with Crippen LogP contribution in [0.3, 0.4) is 0 Å². The topological polar surface area (TPSA) is 60.3 Å². The van der Waals surface area contributed by atoms with Gasteiger partial charge in [0, 0.05) is 6.07 Å². The fraction of sp³-hybridized carbons (Fsp3) is 0.600. The molecule has 1 saturated heterocycles. The van der Waals surface area contributed by atoms with E-state index in [4.69, 9.17) is 9.47 Å². The normalized spacial score (nSPS) is 17.4. The zero-order valence-electron chi connectivity index (χ0n) is 13.5. The van der Waals surface area contributed by atoms with Gasteiger partial charge in [0.15, 0.2) is 0 Å². The third-order valence-electron chi connectivity index (χ3n) is 3.72. The first-order valence-electron chi connectivity index (χ1n) is 7.70. The minimum absolute atomic E-state index is 0.194. The van der Waals surface area contributed by atoms with E-state index in [1.54, 1.807) is 18.2 Å². The van der Waals surface area contributed by atoms with E-state index in [1.165, 1.54) is 9.21 Å². The average Bonchev–Trinajstić information content (AvgIpc) is 2.49. The van der Waals surface area contributed by atoms with Crippen LogP contribution < -0.4 is 14.4 Å². The molecule has 0 spiro atoms. The van der Waals surface area contributed by atoms with Gasteiger partial charge in [-0.05, 0) is 26.0 Å². The molecule has 1 aliphatic heterocycles. The molecule has 0 amide bonds. The molecule has 1 aromatic carbocycles. The van der Waals surface area contributed by atoms with Gasteiger partial charge in [0.2, 0.25) is 10.0 Å². The first kappa shape index (κ1) is 17.1. The summed E-state index contributed by atoms with van der Waals surface area (Å²) in [6, 6.07) is 4.97. The van der Waals surface area contributed by atoms with Gasteiger partial charge >= 0.3 is 0 Å². The molecule has 1 N–H and O–H groups in total. The molecule has 0 unspecified atom stereocenters. The van der Waals surface area contributed by atoms with Gasteiger partial charge in [-0.15, -0.1) is 0 Å². The van der Waals surface area contributed by atoms with Crippen molar-refractivity contribution in [1.82, 2.24) is 4.31 Å². The Balaban J connectivity index is 2.36. The maximum absolute atomic E-state index is 12.9. The summed E-state index contributed by atoms with van der Waals surface area (Å²) in [7, 11) is -1.49. The van der Waals surface area contributed by atoms with Gasteiger partial charge in [-0.2, -0.15) is 4.31 Å². The van der Waals surface area contributed by atoms with Gasteiger partial charge in [0.05, 0.1) is 46.4 Å². The van der Waals surface area contributed by atoms with Gasteiger partial charge in [-0.1, -0.05) is 0 Å². The maximum atomic E-state index is 12.9. The van der Waals surface area contributed by atoms with Crippen molar-refractivity contribution in [3.63, 3.8) is 0 Å². The summed E-state index contributed by atoms with van der Waals surface area (Å²) in [4.78, 5) is 1.54. The fourth-order valence-electron chi connectivity index (χ4n) is 2.47. The Kier molecular flexibility index (Phi) is 5.66. The molecule has 22 heavy (non-hydrogen) atoms. The van der Waals surface area contributed by atoms with Crippen LogP contribution in [0.1, 0.15) is 13.8 Å². The van der Waals surface area contributed by atoms with Crippen LogP contribution in [0.5, 0.6) is 11.5 Å². The highest BCUT2D eigenvalue weighted by molar-refractivity contribution is 7.89. The van der Waals surface area contributed by atoms with Crippen LogP contribution in [-0.4, -0.2) is 59.2 Å². The number of piperazine rings is 1. The number of rotatable bonds is 6. The Morgan fingerprint density at radius 1 is 1.14 bits per heavy atom. The maximum Gasteiger partial charge on any atom is 0.247 e. The van der Waals surface area contributed by atoms with Gasteiger partial charge in [0.1, 0.15) is 16.4 Å². The van der Waals surface area contributed by atoms with E-state index in [-0.39, 0.29) is 4.90 Å². The lowest BCUT2D eigenvalue weighted by molar-refractivity contribution is -0.883. The predicted molar refractivity (Wildman–Crippen MR) is 84.2 cm³/mol. The van der Waals surface area contributed by atoms with E-state index in [2.05, 4.69) is 7.05 Å². The second-order valence-electron chi connectivity index (χ2n) is 5.34. The Bertz CT molecular complexity index is 596. The summed E-state index contributed by atoms with van der Waals surface area (Å²) in [5.74, 6) is 0.932. The van der Waals surface area contributed by atoms with Crippen molar-refractivity contribution in [2.75, 3.05) is 46.4 Å². The quantitative estimate of drug-likeness (QED) is 0.798. The number of quaternary nitrogens is 1. The number of benzene rings is 1. The molecule has 0 bridgehead atoms. The minimum atomic E-state index is -3.56. The van der Waals surface area contributed by atoms with Crippen molar-refractivity contribution in [3.8, 4) is 11.5 Å². The smallest absolute Gasteiger partial charge is 0.247 e. The molecule has 0 atom stereocenters. The first-order valence-corrected chi connectivity index (χ1v) is 9.14. The van der Waals surface area contributed by atoms with Crippen molar-refractivity contribution >= 4 is 10.0 Å². The summed E-state index contributed by atoms with van der Waals surface area (Å²) in [6.07, 6.45) is 0. The SMILES string of the molecule is CCOc1ccc(OCC)c(S(=O)(=O)N2CC[NH+](C)CC2)c1. The van der Waals surface area contributed by atoms with Crippen LogP contribution >= 0.6 is 0 Å². The van der Waals surface area contributed by atoms with Crippen molar-refractivity contribution in [1.29, 1.82) is 0 Å². The van der Waals surface area contributed by atoms with Crippen LogP contribution in [0, 0.1) is 0 Å². The summed E-state index contributed by atoms with van der Waals surface area (Å²) in [5.41, 5.74) is 0. The third-order valence-corrected chi connectivity index (χ3v) is 5.64. The molecule has 1 aromatic rings. The van der Waals surface area contributed by atoms with Gasteiger partial charge in [0.25, 0.3) is 0 Å². The fourth-order valence-corrected chi connectivity index (χ4v) is 4.06. The Morgan fingerprint density at radius 3 is 2.36 bits per heavy atom. The van der Waals surface area contributed by atoms with Crippen LogP contribution in [0.2, 0.25) is 0 Å². The lowest BCUT2D eigenvalue weighted by Crippen LogP contribution is -3.12. The van der Waals surface area contributed by atoms with E-state index in [0.717, 1.165) is 13.1 Å². The van der Waals surface area contributed by atoms with Crippen LogP contribution in [0.4, 0.5) is 0 Å². The van der Waals surface area contributed by atoms with Crippen LogP contribution in [-0.2, 0) is 10.0 Å². The van der Waals surface area contributed by atoms with Crippen molar-refractivity contribution < 1.29 is 22.8 Å². The molecule has 1 aliphatic rings. The third kappa shape index (κ3) is 3.71. The molecule has 1 heterocycles. The molecule has 1 fully saturated rings. The number of nitrogens with one attached hydrogen (secondary N) is 1. The van der Waals surface area contributed by atoms with Gasteiger partial charge < -0.3 is 14.4 Å². The number of sulfonamides is 1. The zero-order chi connectivity index (χ0) is 16.2. The molecular formula is C15H25N2O4S+. The van der Waals surface area contributed by atoms with Crippen molar-refractivity contribution in [2.45, 2.75) is 18.7 Å².